The largest absolute Gasteiger partial charge is 0.324 e. The fourth-order valence-corrected chi connectivity index (χ4v) is 4.00. The molecule has 3 aromatic heterocycles. The molecule has 0 saturated carbocycles. The third-order valence-electron chi connectivity index (χ3n) is 3.71. The Morgan fingerprint density at radius 3 is 3.08 bits per heavy atom. The lowest BCUT2D eigenvalue weighted by molar-refractivity contribution is -0.113. The van der Waals surface area contributed by atoms with Crippen LogP contribution >= 0.6 is 23.1 Å². The van der Waals surface area contributed by atoms with Crippen molar-refractivity contribution in [2.45, 2.75) is 5.75 Å². The number of carbonyl (C=O) groups excluding carboxylic acids is 1. The molecule has 0 saturated heterocycles. The van der Waals surface area contributed by atoms with Crippen molar-refractivity contribution in [1.29, 1.82) is 0 Å². The molecule has 0 unspecified atom stereocenters. The quantitative estimate of drug-likeness (QED) is 0.574. The fourth-order valence-electron chi connectivity index (χ4n) is 2.55. The average molecular weight is 382 g/mol. The Balaban J connectivity index is 1.36. The van der Waals surface area contributed by atoms with Crippen molar-refractivity contribution in [3.8, 4) is 0 Å². The van der Waals surface area contributed by atoms with E-state index in [2.05, 4.69) is 15.3 Å². The second kappa shape index (κ2) is 7.27. The lowest BCUT2D eigenvalue weighted by Gasteiger charge is -2.06. The van der Waals surface area contributed by atoms with E-state index < -0.39 is 0 Å². The van der Waals surface area contributed by atoms with E-state index in [9.17, 15) is 9.59 Å². The maximum absolute atomic E-state index is 12.1. The number of rotatable bonds is 5. The molecule has 1 N–H and O–H groups in total. The van der Waals surface area contributed by atoms with E-state index in [0.717, 1.165) is 10.9 Å². The van der Waals surface area contributed by atoms with Gasteiger partial charge in [0, 0.05) is 28.8 Å². The van der Waals surface area contributed by atoms with Gasteiger partial charge in [-0.25, -0.2) is 4.98 Å². The van der Waals surface area contributed by atoms with Crippen LogP contribution < -0.4 is 10.9 Å². The standard InChI is InChI=1S/C18H14N4O2S2/c23-16(20-13-7-12-3-1-2-4-15(12)19-9-13)11-25-10-14-8-17(24)22-5-6-26-18(22)21-14/h1-9H,10-11H2,(H,20,23). The normalized spacial score (nSPS) is 11.1. The highest BCUT2D eigenvalue weighted by atomic mass is 32.2. The zero-order valence-electron chi connectivity index (χ0n) is 13.6. The van der Waals surface area contributed by atoms with E-state index in [1.54, 1.807) is 12.4 Å². The molecule has 1 aromatic carbocycles. The molecule has 0 aliphatic rings. The van der Waals surface area contributed by atoms with Crippen LogP contribution in [0.25, 0.3) is 15.9 Å². The number of nitrogens with zero attached hydrogens (tertiary/aromatic N) is 3. The summed E-state index contributed by atoms with van der Waals surface area (Å²) in [5, 5.41) is 5.65. The van der Waals surface area contributed by atoms with Crippen LogP contribution in [0.15, 0.2) is 59.0 Å². The first kappa shape index (κ1) is 16.7. The summed E-state index contributed by atoms with van der Waals surface area (Å²) in [7, 11) is 0. The third-order valence-corrected chi connectivity index (χ3v) is 5.44. The van der Waals surface area contributed by atoms with Gasteiger partial charge in [0.05, 0.1) is 28.8 Å². The summed E-state index contributed by atoms with van der Waals surface area (Å²) >= 11 is 2.83. The molecule has 3 heterocycles. The molecule has 0 aliphatic heterocycles. The van der Waals surface area contributed by atoms with Crippen molar-refractivity contribution in [2.24, 2.45) is 0 Å². The number of thioether (sulfide) groups is 1. The Labute approximate surface area is 156 Å². The molecule has 0 fully saturated rings. The molecule has 6 nitrogen and oxygen atoms in total. The van der Waals surface area contributed by atoms with Gasteiger partial charge in [-0.15, -0.1) is 23.1 Å². The number of fused-ring (bicyclic) bond motifs is 2. The second-order valence-corrected chi connectivity index (χ2v) is 7.46. The Kier molecular flexibility index (Phi) is 4.68. The van der Waals surface area contributed by atoms with Crippen LogP contribution in [0.1, 0.15) is 5.69 Å². The molecule has 1 amide bonds. The van der Waals surface area contributed by atoms with Gasteiger partial charge in [0.2, 0.25) is 5.91 Å². The van der Waals surface area contributed by atoms with Crippen molar-refractivity contribution in [1.82, 2.24) is 14.4 Å². The number of pyridine rings is 1. The minimum atomic E-state index is -0.110. The van der Waals surface area contributed by atoms with Crippen molar-refractivity contribution >= 4 is 50.6 Å². The molecule has 0 spiro atoms. The molecule has 8 heteroatoms. The van der Waals surface area contributed by atoms with E-state index in [-0.39, 0.29) is 17.2 Å². The number of thiazole rings is 1. The Morgan fingerprint density at radius 2 is 2.15 bits per heavy atom. The number of amides is 1. The minimum absolute atomic E-state index is 0.0986. The van der Waals surface area contributed by atoms with Gasteiger partial charge in [-0.1, -0.05) is 18.2 Å². The first-order valence-electron chi connectivity index (χ1n) is 7.87. The summed E-state index contributed by atoms with van der Waals surface area (Å²) in [6.45, 7) is 0. The molecule has 130 valence electrons. The molecule has 26 heavy (non-hydrogen) atoms. The first-order valence-corrected chi connectivity index (χ1v) is 9.91. The molecule has 0 aliphatic carbocycles. The van der Waals surface area contributed by atoms with Crippen molar-refractivity contribution in [3.63, 3.8) is 0 Å². The van der Waals surface area contributed by atoms with Gasteiger partial charge in [0.1, 0.15) is 0 Å². The second-order valence-electron chi connectivity index (χ2n) is 5.60. The zero-order chi connectivity index (χ0) is 17.9. The van der Waals surface area contributed by atoms with Gasteiger partial charge >= 0.3 is 0 Å². The minimum Gasteiger partial charge on any atom is -0.324 e. The third kappa shape index (κ3) is 3.61. The molecular weight excluding hydrogens is 368 g/mol. The predicted molar refractivity (Wildman–Crippen MR) is 106 cm³/mol. The van der Waals surface area contributed by atoms with Crippen LogP contribution in [0.3, 0.4) is 0 Å². The van der Waals surface area contributed by atoms with Crippen molar-refractivity contribution in [2.75, 3.05) is 11.1 Å². The maximum Gasteiger partial charge on any atom is 0.258 e. The fraction of sp³-hybridized carbons (Fsp3) is 0.111. The number of carbonyl (C=O) groups is 1. The number of benzene rings is 1. The molecular formula is C18H14N4O2S2. The number of nitrogens with one attached hydrogen (secondary N) is 1. The highest BCUT2D eigenvalue weighted by Crippen LogP contribution is 2.17. The smallest absolute Gasteiger partial charge is 0.258 e. The number of hydrogen-bond donors (Lipinski definition) is 1. The number of aromatic nitrogens is 3. The monoisotopic (exact) mass is 382 g/mol. The lowest BCUT2D eigenvalue weighted by atomic mass is 10.2. The number of para-hydroxylation sites is 1. The number of anilines is 1. The summed E-state index contributed by atoms with van der Waals surface area (Å²) in [5.74, 6) is 0.673. The highest BCUT2D eigenvalue weighted by Gasteiger charge is 2.07. The predicted octanol–water partition coefficient (Wildman–Crippen LogP) is 3.18. The molecule has 4 aromatic rings. The summed E-state index contributed by atoms with van der Waals surface area (Å²) in [5.41, 5.74) is 2.15. The maximum atomic E-state index is 12.1. The Bertz CT molecular complexity index is 1150. The van der Waals surface area contributed by atoms with Gasteiger partial charge in [-0.3, -0.25) is 19.0 Å². The molecule has 0 radical (unpaired) electrons. The highest BCUT2D eigenvalue weighted by molar-refractivity contribution is 7.99. The van der Waals surface area contributed by atoms with Crippen molar-refractivity contribution < 1.29 is 4.79 Å². The van der Waals surface area contributed by atoms with E-state index in [4.69, 9.17) is 0 Å². The van der Waals surface area contributed by atoms with Crippen LogP contribution in [0, 0.1) is 0 Å². The topological polar surface area (TPSA) is 76.4 Å². The summed E-state index contributed by atoms with van der Waals surface area (Å²) in [6, 6.07) is 11.2. The van der Waals surface area contributed by atoms with E-state index in [0.29, 0.717) is 22.1 Å². The molecule has 0 bridgehead atoms. The van der Waals surface area contributed by atoms with E-state index in [1.165, 1.54) is 33.6 Å². The van der Waals surface area contributed by atoms with Gasteiger partial charge in [0.25, 0.3) is 5.56 Å². The molecule has 0 atom stereocenters. The van der Waals surface area contributed by atoms with Gasteiger partial charge in [-0.05, 0) is 12.1 Å². The molecule has 4 rings (SSSR count). The van der Waals surface area contributed by atoms with E-state index in [1.807, 2.05) is 35.7 Å². The van der Waals surface area contributed by atoms with Gasteiger partial charge < -0.3 is 5.32 Å². The number of hydrogen-bond acceptors (Lipinski definition) is 6. The van der Waals surface area contributed by atoms with Crippen LogP contribution in [-0.4, -0.2) is 26.0 Å². The van der Waals surface area contributed by atoms with E-state index >= 15 is 0 Å². The van der Waals surface area contributed by atoms with Crippen LogP contribution in [0.5, 0.6) is 0 Å². The Hall–Kier alpha value is -2.71. The summed E-state index contributed by atoms with van der Waals surface area (Å²) in [6.07, 6.45) is 3.36. The zero-order valence-corrected chi connectivity index (χ0v) is 15.2. The van der Waals surface area contributed by atoms with Crippen molar-refractivity contribution in [3.05, 3.63) is 70.2 Å². The SMILES string of the molecule is O=C(CSCc1cc(=O)n2ccsc2n1)Nc1cnc2ccccc2c1. The lowest BCUT2D eigenvalue weighted by Crippen LogP contribution is -2.15. The van der Waals surface area contributed by atoms with Gasteiger partial charge in [0.15, 0.2) is 4.96 Å². The van der Waals surface area contributed by atoms with Crippen LogP contribution in [0.2, 0.25) is 0 Å². The van der Waals surface area contributed by atoms with Crippen LogP contribution in [0.4, 0.5) is 5.69 Å². The van der Waals surface area contributed by atoms with Crippen LogP contribution in [-0.2, 0) is 10.5 Å². The first-order chi connectivity index (χ1) is 12.7. The average Bonchev–Trinajstić information content (AvgIpc) is 3.11. The summed E-state index contributed by atoms with van der Waals surface area (Å²) < 4.78 is 1.51. The Morgan fingerprint density at radius 1 is 1.27 bits per heavy atom. The van der Waals surface area contributed by atoms with Gasteiger partial charge in [-0.2, -0.15) is 0 Å². The summed E-state index contributed by atoms with van der Waals surface area (Å²) in [4.78, 5) is 33.5.